The van der Waals surface area contributed by atoms with E-state index in [2.05, 4.69) is 24.1 Å². The molecule has 2 rings (SSSR count). The van der Waals surface area contributed by atoms with Crippen LogP contribution >= 0.6 is 0 Å². The Labute approximate surface area is 130 Å². The first kappa shape index (κ1) is 16.3. The maximum Gasteiger partial charge on any atom is 0.251 e. The Morgan fingerprint density at radius 3 is 2.77 bits per heavy atom. The average molecular weight is 300 g/mol. The van der Waals surface area contributed by atoms with E-state index in [1.54, 1.807) is 6.92 Å². The third kappa shape index (κ3) is 4.45. The maximum absolute atomic E-state index is 11.8. The van der Waals surface area contributed by atoms with Gasteiger partial charge in [0.15, 0.2) is 0 Å². The lowest BCUT2D eigenvalue weighted by molar-refractivity contribution is -0.121. The van der Waals surface area contributed by atoms with E-state index in [-0.39, 0.29) is 11.5 Å². The van der Waals surface area contributed by atoms with Crippen LogP contribution in [0.1, 0.15) is 37.8 Å². The van der Waals surface area contributed by atoms with Gasteiger partial charge in [-0.2, -0.15) is 0 Å². The van der Waals surface area contributed by atoms with Crippen LogP contribution in [0.5, 0.6) is 0 Å². The molecule has 0 atom stereocenters. The average Bonchev–Trinajstić information content (AvgIpc) is 2.46. The monoisotopic (exact) mass is 300 g/mol. The van der Waals surface area contributed by atoms with Gasteiger partial charge < -0.3 is 10.3 Å². The zero-order valence-electron chi connectivity index (χ0n) is 13.5. The highest BCUT2D eigenvalue weighted by Crippen LogP contribution is 2.14. The van der Waals surface area contributed by atoms with Crippen molar-refractivity contribution < 1.29 is 4.79 Å². The first-order valence-corrected chi connectivity index (χ1v) is 7.85. The number of nitrogens with one attached hydrogen (secondary N) is 2. The van der Waals surface area contributed by atoms with Crippen molar-refractivity contribution in [2.75, 3.05) is 6.54 Å². The third-order valence-corrected chi connectivity index (χ3v) is 3.78. The van der Waals surface area contributed by atoms with Crippen LogP contribution in [-0.2, 0) is 11.2 Å². The summed E-state index contributed by atoms with van der Waals surface area (Å²) in [6, 6.07) is 7.85. The Morgan fingerprint density at radius 2 is 2.05 bits per heavy atom. The number of rotatable bonds is 6. The number of fused-ring (bicyclic) bond motifs is 1. The number of H-pyrrole nitrogens is 1. The topological polar surface area (TPSA) is 62.0 Å². The van der Waals surface area contributed by atoms with E-state index >= 15 is 0 Å². The Balaban J connectivity index is 1.96. The molecule has 1 aromatic heterocycles. The van der Waals surface area contributed by atoms with Crippen molar-refractivity contribution in [2.45, 2.75) is 40.0 Å². The molecule has 2 N–H and O–H groups in total. The van der Waals surface area contributed by atoms with E-state index in [9.17, 15) is 9.59 Å². The summed E-state index contributed by atoms with van der Waals surface area (Å²) in [7, 11) is 0. The largest absolute Gasteiger partial charge is 0.356 e. The molecular weight excluding hydrogens is 276 g/mol. The Morgan fingerprint density at radius 1 is 1.27 bits per heavy atom. The maximum atomic E-state index is 11.8. The molecule has 0 fully saturated rings. The predicted molar refractivity (Wildman–Crippen MR) is 90.1 cm³/mol. The van der Waals surface area contributed by atoms with Crippen molar-refractivity contribution in [3.05, 3.63) is 45.7 Å². The highest BCUT2D eigenvalue weighted by Gasteiger charge is 2.04. The minimum Gasteiger partial charge on any atom is -0.356 e. The fraction of sp³-hybridized carbons (Fsp3) is 0.444. The quantitative estimate of drug-likeness (QED) is 0.861. The van der Waals surface area contributed by atoms with Gasteiger partial charge in [-0.05, 0) is 48.8 Å². The summed E-state index contributed by atoms with van der Waals surface area (Å²) in [5.41, 5.74) is 2.54. The number of amides is 1. The smallest absolute Gasteiger partial charge is 0.251 e. The van der Waals surface area contributed by atoms with Gasteiger partial charge in [-0.1, -0.05) is 26.0 Å². The second-order valence-corrected chi connectivity index (χ2v) is 6.24. The number of aryl methyl sites for hydroxylation is 2. The van der Waals surface area contributed by atoms with Gasteiger partial charge in [-0.25, -0.2) is 0 Å². The van der Waals surface area contributed by atoms with Gasteiger partial charge in [0.25, 0.3) is 5.56 Å². The fourth-order valence-corrected chi connectivity index (χ4v) is 2.36. The summed E-state index contributed by atoms with van der Waals surface area (Å²) < 4.78 is 0. The van der Waals surface area contributed by atoms with E-state index < -0.39 is 0 Å². The number of hydrogen-bond donors (Lipinski definition) is 2. The van der Waals surface area contributed by atoms with Crippen LogP contribution < -0.4 is 10.9 Å². The van der Waals surface area contributed by atoms with Crippen molar-refractivity contribution in [1.82, 2.24) is 10.3 Å². The summed E-state index contributed by atoms with van der Waals surface area (Å²) in [5, 5.41) is 3.96. The summed E-state index contributed by atoms with van der Waals surface area (Å²) in [4.78, 5) is 26.3. The van der Waals surface area contributed by atoms with Crippen LogP contribution in [0.2, 0.25) is 0 Å². The van der Waals surface area contributed by atoms with Crippen molar-refractivity contribution in [1.29, 1.82) is 0 Å². The van der Waals surface area contributed by atoms with E-state index in [4.69, 9.17) is 0 Å². The predicted octanol–water partition coefficient (Wildman–Crippen LogP) is 2.93. The lowest BCUT2D eigenvalue weighted by atomic mass is 10.1. The molecule has 4 nitrogen and oxygen atoms in total. The van der Waals surface area contributed by atoms with Gasteiger partial charge in [-0.3, -0.25) is 9.59 Å². The zero-order valence-corrected chi connectivity index (χ0v) is 13.5. The molecule has 4 heteroatoms. The van der Waals surface area contributed by atoms with Gasteiger partial charge in [0, 0.05) is 24.0 Å². The molecule has 118 valence electrons. The van der Waals surface area contributed by atoms with E-state index in [1.807, 2.05) is 24.3 Å². The standard InChI is InChI=1S/C18H24N2O2/c1-12(2)8-9-19-17(21)7-5-14-4-6-15-10-13(3)18(22)20-16(15)11-14/h4,6,10-12H,5,7-9H2,1-3H3,(H,19,21)(H,20,22). The molecule has 0 radical (unpaired) electrons. The van der Waals surface area contributed by atoms with Crippen LogP contribution in [0.3, 0.4) is 0 Å². The molecule has 0 aliphatic rings. The molecular formula is C18H24N2O2. The van der Waals surface area contributed by atoms with Gasteiger partial charge in [0.1, 0.15) is 0 Å². The van der Waals surface area contributed by atoms with Crippen molar-refractivity contribution >= 4 is 16.8 Å². The second-order valence-electron chi connectivity index (χ2n) is 6.24. The van der Waals surface area contributed by atoms with Crippen LogP contribution in [-0.4, -0.2) is 17.4 Å². The zero-order chi connectivity index (χ0) is 16.1. The summed E-state index contributed by atoms with van der Waals surface area (Å²) in [6.45, 7) is 6.82. The SMILES string of the molecule is Cc1cc2ccc(CCC(=O)NCCC(C)C)cc2[nH]c1=O. The molecule has 0 bridgehead atoms. The van der Waals surface area contributed by atoms with Crippen molar-refractivity contribution in [2.24, 2.45) is 5.92 Å². The molecule has 0 aliphatic carbocycles. The Bertz CT molecular complexity index is 717. The molecule has 0 saturated carbocycles. The summed E-state index contributed by atoms with van der Waals surface area (Å²) >= 11 is 0. The number of aromatic nitrogens is 1. The molecule has 2 aromatic rings. The molecule has 0 aliphatic heterocycles. The fourth-order valence-electron chi connectivity index (χ4n) is 2.36. The lowest BCUT2D eigenvalue weighted by Gasteiger charge is -2.08. The van der Waals surface area contributed by atoms with Gasteiger partial charge in [0.2, 0.25) is 5.91 Å². The first-order chi connectivity index (χ1) is 10.5. The van der Waals surface area contributed by atoms with Gasteiger partial charge in [-0.15, -0.1) is 0 Å². The molecule has 22 heavy (non-hydrogen) atoms. The molecule has 1 aromatic carbocycles. The van der Waals surface area contributed by atoms with Crippen molar-refractivity contribution in [3.8, 4) is 0 Å². The number of pyridine rings is 1. The second kappa shape index (κ2) is 7.25. The normalized spacial score (nSPS) is 11.1. The van der Waals surface area contributed by atoms with Gasteiger partial charge >= 0.3 is 0 Å². The number of benzene rings is 1. The number of carbonyl (C=O) groups is 1. The van der Waals surface area contributed by atoms with E-state index in [0.29, 0.717) is 24.3 Å². The third-order valence-electron chi connectivity index (χ3n) is 3.78. The Hall–Kier alpha value is -2.10. The van der Waals surface area contributed by atoms with Crippen LogP contribution in [0.25, 0.3) is 10.9 Å². The molecule has 0 unspecified atom stereocenters. The van der Waals surface area contributed by atoms with E-state index in [0.717, 1.165) is 29.4 Å². The molecule has 0 spiro atoms. The van der Waals surface area contributed by atoms with Crippen LogP contribution in [0.4, 0.5) is 0 Å². The highest BCUT2D eigenvalue weighted by molar-refractivity contribution is 5.80. The molecule has 1 heterocycles. The number of aromatic amines is 1. The lowest BCUT2D eigenvalue weighted by Crippen LogP contribution is -2.25. The summed E-state index contributed by atoms with van der Waals surface area (Å²) in [5.74, 6) is 0.680. The van der Waals surface area contributed by atoms with Crippen LogP contribution in [0.15, 0.2) is 29.1 Å². The summed E-state index contributed by atoms with van der Waals surface area (Å²) in [6.07, 6.45) is 2.15. The Kier molecular flexibility index (Phi) is 5.36. The van der Waals surface area contributed by atoms with Gasteiger partial charge in [0.05, 0.1) is 0 Å². The number of carbonyl (C=O) groups excluding carboxylic acids is 1. The molecule has 1 amide bonds. The number of hydrogen-bond acceptors (Lipinski definition) is 2. The minimum atomic E-state index is -0.0592. The first-order valence-electron chi connectivity index (χ1n) is 7.85. The minimum absolute atomic E-state index is 0.0592. The highest BCUT2D eigenvalue weighted by atomic mass is 16.1. The van der Waals surface area contributed by atoms with Crippen LogP contribution in [0, 0.1) is 12.8 Å². The van der Waals surface area contributed by atoms with Crippen molar-refractivity contribution in [3.63, 3.8) is 0 Å². The molecule has 0 saturated heterocycles. The van der Waals surface area contributed by atoms with E-state index in [1.165, 1.54) is 0 Å².